The molecule has 1 atom stereocenters. The van der Waals surface area contributed by atoms with Crippen LogP contribution in [0.3, 0.4) is 0 Å². The molecule has 4 heterocycles. The number of imidazole rings is 1. The van der Waals surface area contributed by atoms with Gasteiger partial charge in [0.1, 0.15) is 11.6 Å². The van der Waals surface area contributed by atoms with Crippen LogP contribution in [0.15, 0.2) is 42.3 Å². The van der Waals surface area contributed by atoms with E-state index in [-0.39, 0.29) is 6.04 Å². The van der Waals surface area contributed by atoms with Crippen molar-refractivity contribution in [2.45, 2.75) is 26.1 Å². The topological polar surface area (TPSA) is 56.1 Å². The zero-order valence-electron chi connectivity index (χ0n) is 13.5. The summed E-state index contributed by atoms with van der Waals surface area (Å²) in [5.74, 6) is 0.659. The molecule has 0 N–H and O–H groups in total. The van der Waals surface area contributed by atoms with Gasteiger partial charge < -0.3 is 9.30 Å². The summed E-state index contributed by atoms with van der Waals surface area (Å²) in [4.78, 5) is 15.5. The van der Waals surface area contributed by atoms with Crippen LogP contribution in [0.25, 0.3) is 0 Å². The highest BCUT2D eigenvalue weighted by Gasteiger charge is 2.26. The van der Waals surface area contributed by atoms with Crippen LogP contribution in [0.2, 0.25) is 0 Å². The Morgan fingerprint density at radius 1 is 1.38 bits per heavy atom. The second kappa shape index (κ2) is 6.70. The summed E-state index contributed by atoms with van der Waals surface area (Å²) in [6, 6.07) is 5.93. The van der Waals surface area contributed by atoms with E-state index in [1.807, 2.05) is 37.6 Å². The lowest BCUT2D eigenvalue weighted by Crippen LogP contribution is -2.38. The van der Waals surface area contributed by atoms with Crippen molar-refractivity contribution in [3.8, 4) is 5.88 Å². The van der Waals surface area contributed by atoms with Crippen molar-refractivity contribution in [2.24, 2.45) is 0 Å². The molecule has 1 aliphatic rings. The zero-order valence-corrected chi connectivity index (χ0v) is 14.3. The quantitative estimate of drug-likeness (QED) is 0.714. The van der Waals surface area contributed by atoms with E-state index in [1.54, 1.807) is 17.5 Å². The molecule has 124 valence electrons. The van der Waals surface area contributed by atoms with E-state index in [9.17, 15) is 0 Å². The third kappa shape index (κ3) is 3.32. The molecule has 4 rings (SSSR count). The van der Waals surface area contributed by atoms with Gasteiger partial charge in [-0.3, -0.25) is 4.90 Å². The van der Waals surface area contributed by atoms with Crippen molar-refractivity contribution >= 4 is 11.3 Å². The van der Waals surface area contributed by atoms with Gasteiger partial charge in [-0.05, 0) is 13.0 Å². The third-order valence-corrected chi connectivity index (χ3v) is 5.03. The highest BCUT2D eigenvalue weighted by Crippen LogP contribution is 2.24. The number of hydrogen-bond donors (Lipinski definition) is 0. The van der Waals surface area contributed by atoms with E-state index in [4.69, 9.17) is 4.74 Å². The average Bonchev–Trinajstić information content (AvgIpc) is 3.22. The molecule has 0 aromatic carbocycles. The lowest BCUT2D eigenvalue weighted by molar-refractivity contribution is 0.134. The maximum Gasteiger partial charge on any atom is 0.213 e. The molecule has 0 saturated heterocycles. The molecule has 0 unspecified atom stereocenters. The molecule has 1 aliphatic heterocycles. The second-order valence-corrected chi connectivity index (χ2v) is 6.92. The van der Waals surface area contributed by atoms with Crippen molar-refractivity contribution in [3.05, 3.63) is 58.7 Å². The first-order chi connectivity index (χ1) is 11.8. The molecule has 3 aromatic rings. The molecule has 24 heavy (non-hydrogen) atoms. The minimum absolute atomic E-state index is 0.222. The van der Waals surface area contributed by atoms with Crippen molar-refractivity contribution in [1.29, 1.82) is 0 Å². The Bertz CT molecular complexity index is 800. The van der Waals surface area contributed by atoms with Gasteiger partial charge in [-0.2, -0.15) is 0 Å². The number of nitrogens with zero attached hydrogens (tertiary/aromatic N) is 5. The van der Waals surface area contributed by atoms with Gasteiger partial charge >= 0.3 is 0 Å². The lowest BCUT2D eigenvalue weighted by Gasteiger charge is -2.33. The molecule has 3 aromatic heterocycles. The SMILES string of the molecule is Cc1csc(CN2Cc3cncn3[C@@H](COc3ccccn3)C2)n1. The average molecular weight is 341 g/mol. The number of fused-ring (bicyclic) bond motifs is 1. The molecule has 0 aliphatic carbocycles. The summed E-state index contributed by atoms with van der Waals surface area (Å²) in [6.07, 6.45) is 5.58. The molecule has 0 saturated carbocycles. The minimum atomic E-state index is 0.222. The molecule has 0 amide bonds. The Labute approximate surface area is 144 Å². The van der Waals surface area contributed by atoms with Crippen LogP contribution in [-0.2, 0) is 13.1 Å². The molecule has 6 nitrogen and oxygen atoms in total. The lowest BCUT2D eigenvalue weighted by atomic mass is 10.2. The van der Waals surface area contributed by atoms with Gasteiger partial charge in [-0.15, -0.1) is 11.3 Å². The summed E-state index contributed by atoms with van der Waals surface area (Å²) < 4.78 is 8.09. The maximum absolute atomic E-state index is 5.87. The summed E-state index contributed by atoms with van der Waals surface area (Å²) in [5.41, 5.74) is 2.30. The van der Waals surface area contributed by atoms with E-state index in [0.717, 1.165) is 30.3 Å². The fourth-order valence-electron chi connectivity index (χ4n) is 3.00. The van der Waals surface area contributed by atoms with Crippen molar-refractivity contribution in [1.82, 2.24) is 24.4 Å². The third-order valence-electron chi connectivity index (χ3n) is 4.08. The number of rotatable bonds is 5. The Morgan fingerprint density at radius 3 is 3.12 bits per heavy atom. The Morgan fingerprint density at radius 2 is 2.33 bits per heavy atom. The summed E-state index contributed by atoms with van der Waals surface area (Å²) >= 11 is 1.72. The number of ether oxygens (including phenoxy) is 1. The summed E-state index contributed by atoms with van der Waals surface area (Å²) in [6.45, 7) is 5.28. The van der Waals surface area contributed by atoms with E-state index < -0.39 is 0 Å². The van der Waals surface area contributed by atoms with E-state index in [0.29, 0.717) is 12.5 Å². The second-order valence-electron chi connectivity index (χ2n) is 5.98. The fraction of sp³-hybridized carbons (Fsp3) is 0.353. The number of thiazole rings is 1. The molecule has 7 heteroatoms. The molecular formula is C17H19N5OS. The van der Waals surface area contributed by atoms with Gasteiger partial charge in [-0.1, -0.05) is 6.07 Å². The monoisotopic (exact) mass is 341 g/mol. The van der Waals surface area contributed by atoms with Gasteiger partial charge in [0.05, 0.1) is 24.6 Å². The van der Waals surface area contributed by atoms with Crippen LogP contribution >= 0.6 is 11.3 Å². The highest BCUT2D eigenvalue weighted by atomic mass is 32.1. The minimum Gasteiger partial charge on any atom is -0.475 e. The fourth-order valence-corrected chi connectivity index (χ4v) is 3.81. The predicted octanol–water partition coefficient (Wildman–Crippen LogP) is 2.68. The first kappa shape index (κ1) is 15.3. The largest absolute Gasteiger partial charge is 0.475 e. The Kier molecular flexibility index (Phi) is 4.27. The molecule has 0 fully saturated rings. The summed E-state index contributed by atoms with van der Waals surface area (Å²) in [5, 5.41) is 3.26. The number of aromatic nitrogens is 4. The van der Waals surface area contributed by atoms with Gasteiger partial charge in [0.25, 0.3) is 0 Å². The van der Waals surface area contributed by atoms with Gasteiger partial charge in [0.2, 0.25) is 5.88 Å². The van der Waals surface area contributed by atoms with Crippen LogP contribution < -0.4 is 4.74 Å². The summed E-state index contributed by atoms with van der Waals surface area (Å²) in [7, 11) is 0. The van der Waals surface area contributed by atoms with Crippen molar-refractivity contribution in [2.75, 3.05) is 13.2 Å². The highest BCUT2D eigenvalue weighted by molar-refractivity contribution is 7.09. The standard InChI is InChI=1S/C17H19N5OS/c1-13-11-24-17(20-13)9-21-7-14-6-18-12-22(14)15(8-21)10-23-16-4-2-3-5-19-16/h2-6,11-12,15H,7-10H2,1H3/t15-/m1/s1. The molecular weight excluding hydrogens is 322 g/mol. The van der Waals surface area contributed by atoms with Gasteiger partial charge in [0.15, 0.2) is 0 Å². The normalized spacial score (nSPS) is 17.6. The van der Waals surface area contributed by atoms with E-state index >= 15 is 0 Å². The van der Waals surface area contributed by atoms with Gasteiger partial charge in [0, 0.05) is 42.6 Å². The van der Waals surface area contributed by atoms with Crippen LogP contribution in [0.1, 0.15) is 22.4 Å². The Balaban J connectivity index is 1.46. The predicted molar refractivity (Wildman–Crippen MR) is 92.0 cm³/mol. The number of aryl methyl sites for hydroxylation is 1. The number of pyridine rings is 1. The van der Waals surface area contributed by atoms with Crippen molar-refractivity contribution < 1.29 is 4.74 Å². The van der Waals surface area contributed by atoms with Crippen molar-refractivity contribution in [3.63, 3.8) is 0 Å². The molecule has 0 spiro atoms. The van der Waals surface area contributed by atoms with E-state index in [2.05, 4.69) is 29.8 Å². The van der Waals surface area contributed by atoms with Gasteiger partial charge in [-0.25, -0.2) is 15.0 Å². The van der Waals surface area contributed by atoms with Crippen LogP contribution in [-0.4, -0.2) is 37.6 Å². The number of hydrogen-bond acceptors (Lipinski definition) is 6. The smallest absolute Gasteiger partial charge is 0.213 e. The van der Waals surface area contributed by atoms with Crippen LogP contribution in [0.4, 0.5) is 0 Å². The molecule has 0 bridgehead atoms. The zero-order chi connectivity index (χ0) is 16.4. The maximum atomic E-state index is 5.87. The first-order valence-corrected chi connectivity index (χ1v) is 8.84. The van der Waals surface area contributed by atoms with E-state index in [1.165, 1.54) is 5.69 Å². The molecule has 0 radical (unpaired) electrons. The Hall–Kier alpha value is -2.25. The van der Waals surface area contributed by atoms with Crippen LogP contribution in [0.5, 0.6) is 5.88 Å². The van der Waals surface area contributed by atoms with Crippen LogP contribution in [0, 0.1) is 6.92 Å². The first-order valence-electron chi connectivity index (χ1n) is 7.96.